The third-order valence-electron chi connectivity index (χ3n) is 3.18. The standard InChI is InChI=1S/C13H24N6S/c1-4-20-9-10(2)15-12-16-11(14-3)17-13(18-12)19-7-5-6-8-19/h10H,4-9H2,1-3H3,(H2,14,15,16,17,18). The molecule has 0 amide bonds. The van der Waals surface area contributed by atoms with E-state index in [0.29, 0.717) is 17.9 Å². The fourth-order valence-corrected chi connectivity index (χ4v) is 2.83. The lowest BCUT2D eigenvalue weighted by molar-refractivity contribution is 0.849. The van der Waals surface area contributed by atoms with Gasteiger partial charge < -0.3 is 15.5 Å². The zero-order valence-electron chi connectivity index (χ0n) is 12.5. The molecule has 1 saturated heterocycles. The first-order valence-electron chi connectivity index (χ1n) is 7.26. The zero-order valence-corrected chi connectivity index (χ0v) is 13.3. The molecule has 112 valence electrons. The molecular weight excluding hydrogens is 272 g/mol. The van der Waals surface area contributed by atoms with Crippen molar-refractivity contribution in [3.63, 3.8) is 0 Å². The number of anilines is 3. The Labute approximate surface area is 125 Å². The summed E-state index contributed by atoms with van der Waals surface area (Å²) in [7, 11) is 1.84. The van der Waals surface area contributed by atoms with E-state index in [4.69, 9.17) is 0 Å². The van der Waals surface area contributed by atoms with Crippen LogP contribution in [-0.4, -0.2) is 52.6 Å². The largest absolute Gasteiger partial charge is 0.357 e. The Morgan fingerprint density at radius 3 is 2.55 bits per heavy atom. The number of aromatic nitrogens is 3. The maximum atomic E-state index is 4.55. The Hall–Kier alpha value is -1.24. The maximum absolute atomic E-state index is 4.55. The molecule has 2 heterocycles. The minimum atomic E-state index is 0.346. The average molecular weight is 296 g/mol. The van der Waals surface area contributed by atoms with Crippen LogP contribution in [0.1, 0.15) is 26.7 Å². The molecule has 0 saturated carbocycles. The highest BCUT2D eigenvalue weighted by atomic mass is 32.2. The average Bonchev–Trinajstić information content (AvgIpc) is 2.99. The van der Waals surface area contributed by atoms with E-state index in [1.807, 2.05) is 18.8 Å². The molecule has 1 fully saturated rings. The molecular formula is C13H24N6S. The molecule has 0 radical (unpaired) electrons. The third kappa shape index (κ3) is 4.13. The van der Waals surface area contributed by atoms with Crippen LogP contribution in [0.15, 0.2) is 0 Å². The Balaban J connectivity index is 2.08. The summed E-state index contributed by atoms with van der Waals surface area (Å²) in [6, 6.07) is 0.346. The summed E-state index contributed by atoms with van der Waals surface area (Å²) in [4.78, 5) is 15.6. The van der Waals surface area contributed by atoms with Crippen LogP contribution in [0.25, 0.3) is 0 Å². The topological polar surface area (TPSA) is 66.0 Å². The van der Waals surface area contributed by atoms with E-state index in [0.717, 1.165) is 30.5 Å². The van der Waals surface area contributed by atoms with Crippen LogP contribution in [0.3, 0.4) is 0 Å². The van der Waals surface area contributed by atoms with Crippen molar-refractivity contribution in [2.45, 2.75) is 32.7 Å². The quantitative estimate of drug-likeness (QED) is 0.798. The van der Waals surface area contributed by atoms with Crippen molar-refractivity contribution < 1.29 is 0 Å². The SMILES string of the molecule is CCSCC(C)Nc1nc(NC)nc(N2CCCC2)n1. The van der Waals surface area contributed by atoms with Crippen molar-refractivity contribution >= 4 is 29.6 Å². The molecule has 0 aromatic carbocycles. The summed E-state index contributed by atoms with van der Waals surface area (Å²) in [6.07, 6.45) is 2.43. The number of rotatable bonds is 7. The summed E-state index contributed by atoms with van der Waals surface area (Å²) in [6.45, 7) is 6.40. The number of hydrogen-bond donors (Lipinski definition) is 2. The Morgan fingerprint density at radius 2 is 1.90 bits per heavy atom. The van der Waals surface area contributed by atoms with E-state index in [-0.39, 0.29) is 0 Å². The van der Waals surface area contributed by atoms with Crippen molar-refractivity contribution in [2.75, 3.05) is 47.2 Å². The van der Waals surface area contributed by atoms with Crippen LogP contribution < -0.4 is 15.5 Å². The lowest BCUT2D eigenvalue weighted by atomic mass is 10.4. The maximum Gasteiger partial charge on any atom is 0.231 e. The van der Waals surface area contributed by atoms with Gasteiger partial charge in [-0.1, -0.05) is 6.92 Å². The third-order valence-corrected chi connectivity index (χ3v) is 4.33. The highest BCUT2D eigenvalue weighted by Crippen LogP contribution is 2.19. The van der Waals surface area contributed by atoms with Gasteiger partial charge in [-0.3, -0.25) is 0 Å². The van der Waals surface area contributed by atoms with Gasteiger partial charge in [0.15, 0.2) is 0 Å². The van der Waals surface area contributed by atoms with Gasteiger partial charge in [0, 0.05) is 31.9 Å². The Morgan fingerprint density at radius 1 is 1.20 bits per heavy atom. The Bertz CT molecular complexity index is 421. The van der Waals surface area contributed by atoms with Crippen LogP contribution >= 0.6 is 11.8 Å². The van der Waals surface area contributed by atoms with Crippen LogP contribution in [0.2, 0.25) is 0 Å². The molecule has 1 aliphatic heterocycles. The fourth-order valence-electron chi connectivity index (χ4n) is 2.16. The van der Waals surface area contributed by atoms with E-state index in [1.54, 1.807) is 0 Å². The highest BCUT2D eigenvalue weighted by Gasteiger charge is 2.17. The van der Waals surface area contributed by atoms with Crippen molar-refractivity contribution in [3.8, 4) is 0 Å². The van der Waals surface area contributed by atoms with Gasteiger partial charge >= 0.3 is 0 Å². The van der Waals surface area contributed by atoms with Crippen molar-refractivity contribution in [3.05, 3.63) is 0 Å². The van der Waals surface area contributed by atoms with Gasteiger partial charge in [0.05, 0.1) is 0 Å². The summed E-state index contributed by atoms with van der Waals surface area (Å²) in [5.74, 6) is 4.25. The predicted molar refractivity (Wildman–Crippen MR) is 86.9 cm³/mol. The molecule has 1 aliphatic rings. The molecule has 0 aliphatic carbocycles. The molecule has 1 atom stereocenters. The number of nitrogens with zero attached hydrogens (tertiary/aromatic N) is 4. The van der Waals surface area contributed by atoms with Gasteiger partial charge in [0.1, 0.15) is 0 Å². The second kappa shape index (κ2) is 7.52. The van der Waals surface area contributed by atoms with Gasteiger partial charge in [-0.25, -0.2) is 0 Å². The summed E-state index contributed by atoms with van der Waals surface area (Å²) in [5, 5.41) is 6.38. The highest BCUT2D eigenvalue weighted by molar-refractivity contribution is 7.99. The van der Waals surface area contributed by atoms with Crippen LogP contribution in [0.4, 0.5) is 17.8 Å². The summed E-state index contributed by atoms with van der Waals surface area (Å²) < 4.78 is 0. The van der Waals surface area contributed by atoms with Gasteiger partial charge in [-0.15, -0.1) is 0 Å². The molecule has 2 rings (SSSR count). The monoisotopic (exact) mass is 296 g/mol. The lowest BCUT2D eigenvalue weighted by Gasteiger charge is -2.18. The molecule has 0 bridgehead atoms. The van der Waals surface area contributed by atoms with Gasteiger partial charge in [-0.2, -0.15) is 26.7 Å². The second-order valence-electron chi connectivity index (χ2n) is 4.93. The molecule has 2 N–H and O–H groups in total. The summed E-state index contributed by atoms with van der Waals surface area (Å²) >= 11 is 1.92. The van der Waals surface area contributed by atoms with E-state index >= 15 is 0 Å². The van der Waals surface area contributed by atoms with Crippen LogP contribution in [-0.2, 0) is 0 Å². The molecule has 1 aromatic heterocycles. The van der Waals surface area contributed by atoms with E-state index in [9.17, 15) is 0 Å². The number of hydrogen-bond acceptors (Lipinski definition) is 7. The fraction of sp³-hybridized carbons (Fsp3) is 0.769. The Kier molecular flexibility index (Phi) is 5.70. The molecule has 0 spiro atoms. The van der Waals surface area contributed by atoms with Crippen LogP contribution in [0.5, 0.6) is 0 Å². The van der Waals surface area contributed by atoms with Crippen molar-refractivity contribution in [1.29, 1.82) is 0 Å². The minimum Gasteiger partial charge on any atom is -0.357 e. The van der Waals surface area contributed by atoms with Crippen molar-refractivity contribution in [2.24, 2.45) is 0 Å². The normalized spacial score (nSPS) is 16.2. The first-order valence-corrected chi connectivity index (χ1v) is 8.41. The van der Waals surface area contributed by atoms with E-state index in [2.05, 4.69) is 44.3 Å². The molecule has 1 unspecified atom stereocenters. The van der Waals surface area contributed by atoms with Gasteiger partial charge in [-0.05, 0) is 25.5 Å². The van der Waals surface area contributed by atoms with Gasteiger partial charge in [0.2, 0.25) is 17.8 Å². The first-order chi connectivity index (χ1) is 9.72. The molecule has 6 nitrogen and oxygen atoms in total. The number of nitrogens with one attached hydrogen (secondary N) is 2. The molecule has 7 heteroatoms. The van der Waals surface area contributed by atoms with Crippen molar-refractivity contribution in [1.82, 2.24) is 15.0 Å². The lowest BCUT2D eigenvalue weighted by Crippen LogP contribution is -2.24. The number of thioether (sulfide) groups is 1. The van der Waals surface area contributed by atoms with E-state index in [1.165, 1.54) is 12.8 Å². The van der Waals surface area contributed by atoms with E-state index < -0.39 is 0 Å². The first kappa shape index (κ1) is 15.2. The predicted octanol–water partition coefficient (Wildman–Crippen LogP) is 2.07. The smallest absolute Gasteiger partial charge is 0.231 e. The summed E-state index contributed by atoms with van der Waals surface area (Å²) in [5.41, 5.74) is 0. The molecule has 1 aromatic rings. The molecule has 20 heavy (non-hydrogen) atoms. The second-order valence-corrected chi connectivity index (χ2v) is 6.25. The zero-order chi connectivity index (χ0) is 14.4. The van der Waals surface area contributed by atoms with Crippen LogP contribution in [0, 0.1) is 0 Å². The van der Waals surface area contributed by atoms with Gasteiger partial charge in [0.25, 0.3) is 0 Å². The minimum absolute atomic E-state index is 0.346.